The fourth-order valence-corrected chi connectivity index (χ4v) is 2.09. The van der Waals surface area contributed by atoms with Crippen molar-refractivity contribution in [1.29, 1.82) is 0 Å². The third kappa shape index (κ3) is 5.88. The molecule has 6 heteroatoms. The number of hydrogen-bond acceptors (Lipinski definition) is 4. The molecule has 1 aromatic carbocycles. The smallest absolute Gasteiger partial charge is 0.220 e. The minimum absolute atomic E-state index is 0.0408. The van der Waals surface area contributed by atoms with E-state index >= 15 is 0 Å². The largest absolute Gasteiger partial charge is 0.492 e. The zero-order chi connectivity index (χ0) is 15.0. The van der Waals surface area contributed by atoms with Gasteiger partial charge in [-0.25, -0.2) is 8.42 Å². The first-order valence-electron chi connectivity index (χ1n) is 6.24. The van der Waals surface area contributed by atoms with Crippen LogP contribution in [-0.2, 0) is 14.6 Å². The van der Waals surface area contributed by atoms with Gasteiger partial charge in [0, 0.05) is 12.7 Å². The standard InChI is InChI=1S/C14H19NO4S/c1-3-4-5-14(16)15-10-11-19-12-6-8-13(9-7-12)20(2,17)18/h3,6-9H,1,4-5,10-11H2,2H3,(H,15,16). The molecule has 0 radical (unpaired) electrons. The summed E-state index contributed by atoms with van der Waals surface area (Å²) in [4.78, 5) is 11.5. The van der Waals surface area contributed by atoms with Gasteiger partial charge in [0.1, 0.15) is 12.4 Å². The third-order valence-electron chi connectivity index (χ3n) is 2.52. The van der Waals surface area contributed by atoms with Crippen LogP contribution in [0.2, 0.25) is 0 Å². The molecular weight excluding hydrogens is 278 g/mol. The maximum absolute atomic E-state index is 11.3. The van der Waals surface area contributed by atoms with E-state index in [9.17, 15) is 13.2 Å². The van der Waals surface area contributed by atoms with Crippen molar-refractivity contribution in [2.75, 3.05) is 19.4 Å². The molecule has 1 amide bonds. The zero-order valence-corrected chi connectivity index (χ0v) is 12.3. The molecular formula is C14H19NO4S. The van der Waals surface area contributed by atoms with Crippen molar-refractivity contribution >= 4 is 15.7 Å². The van der Waals surface area contributed by atoms with E-state index in [2.05, 4.69) is 11.9 Å². The lowest BCUT2D eigenvalue weighted by molar-refractivity contribution is -0.121. The molecule has 0 aliphatic rings. The van der Waals surface area contributed by atoms with Gasteiger partial charge in [0.05, 0.1) is 11.4 Å². The summed E-state index contributed by atoms with van der Waals surface area (Å²) in [5.41, 5.74) is 0. The number of carbonyl (C=O) groups is 1. The van der Waals surface area contributed by atoms with Crippen LogP contribution in [0, 0.1) is 0 Å². The molecule has 0 heterocycles. The number of amides is 1. The van der Waals surface area contributed by atoms with Crippen LogP contribution in [0.15, 0.2) is 41.8 Å². The number of hydrogen-bond donors (Lipinski definition) is 1. The van der Waals surface area contributed by atoms with Crippen LogP contribution in [0.5, 0.6) is 5.75 Å². The monoisotopic (exact) mass is 297 g/mol. The second-order valence-corrected chi connectivity index (χ2v) is 6.29. The van der Waals surface area contributed by atoms with Crippen molar-refractivity contribution in [1.82, 2.24) is 5.32 Å². The van der Waals surface area contributed by atoms with E-state index in [1.54, 1.807) is 18.2 Å². The average molecular weight is 297 g/mol. The molecule has 1 N–H and O–H groups in total. The molecule has 0 unspecified atom stereocenters. The Bertz CT molecular complexity index is 549. The van der Waals surface area contributed by atoms with Crippen molar-refractivity contribution in [2.45, 2.75) is 17.7 Å². The molecule has 0 saturated heterocycles. The van der Waals surface area contributed by atoms with Gasteiger partial charge >= 0.3 is 0 Å². The number of allylic oxidation sites excluding steroid dienone is 1. The lowest BCUT2D eigenvalue weighted by Gasteiger charge is -2.08. The summed E-state index contributed by atoms with van der Waals surface area (Å²) in [6.45, 7) is 4.28. The summed E-state index contributed by atoms with van der Waals surface area (Å²) >= 11 is 0. The Morgan fingerprint density at radius 2 is 2.00 bits per heavy atom. The Balaban J connectivity index is 2.32. The van der Waals surface area contributed by atoms with Crippen LogP contribution in [0.4, 0.5) is 0 Å². The molecule has 0 aromatic heterocycles. The van der Waals surface area contributed by atoms with E-state index < -0.39 is 9.84 Å². The Hall–Kier alpha value is -1.82. The molecule has 1 rings (SSSR count). The van der Waals surface area contributed by atoms with Crippen molar-refractivity contribution in [2.24, 2.45) is 0 Å². The molecule has 110 valence electrons. The molecule has 20 heavy (non-hydrogen) atoms. The maximum atomic E-state index is 11.3. The fraction of sp³-hybridized carbons (Fsp3) is 0.357. The maximum Gasteiger partial charge on any atom is 0.220 e. The Kier molecular flexibility index (Phi) is 6.24. The second-order valence-electron chi connectivity index (χ2n) is 4.27. The number of carbonyl (C=O) groups excluding carboxylic acids is 1. The first-order valence-corrected chi connectivity index (χ1v) is 8.13. The first-order chi connectivity index (χ1) is 9.43. The molecule has 0 atom stereocenters. The van der Waals surface area contributed by atoms with Crippen LogP contribution in [0.25, 0.3) is 0 Å². The molecule has 0 spiro atoms. The van der Waals surface area contributed by atoms with E-state index in [0.29, 0.717) is 31.7 Å². The van der Waals surface area contributed by atoms with Crippen molar-refractivity contribution in [3.05, 3.63) is 36.9 Å². The van der Waals surface area contributed by atoms with Crippen molar-refractivity contribution in [3.63, 3.8) is 0 Å². The number of rotatable bonds is 8. The van der Waals surface area contributed by atoms with Gasteiger partial charge in [-0.1, -0.05) is 6.08 Å². The highest BCUT2D eigenvalue weighted by Crippen LogP contribution is 2.15. The minimum Gasteiger partial charge on any atom is -0.492 e. The fourth-order valence-electron chi connectivity index (χ4n) is 1.46. The molecule has 0 aliphatic carbocycles. The Labute approximate surface area is 119 Å². The highest BCUT2D eigenvalue weighted by molar-refractivity contribution is 7.90. The van der Waals surface area contributed by atoms with Gasteiger partial charge in [-0.15, -0.1) is 6.58 Å². The topological polar surface area (TPSA) is 72.5 Å². The highest BCUT2D eigenvalue weighted by atomic mass is 32.2. The predicted octanol–water partition coefficient (Wildman–Crippen LogP) is 1.55. The Morgan fingerprint density at radius 1 is 1.35 bits per heavy atom. The van der Waals surface area contributed by atoms with Gasteiger partial charge in [0.15, 0.2) is 9.84 Å². The lowest BCUT2D eigenvalue weighted by atomic mass is 10.3. The zero-order valence-electron chi connectivity index (χ0n) is 11.5. The van der Waals surface area contributed by atoms with Crippen LogP contribution < -0.4 is 10.1 Å². The lowest BCUT2D eigenvalue weighted by Crippen LogP contribution is -2.27. The van der Waals surface area contributed by atoms with Gasteiger partial charge in [0.2, 0.25) is 5.91 Å². The first kappa shape index (κ1) is 16.2. The third-order valence-corrected chi connectivity index (χ3v) is 3.65. The predicted molar refractivity (Wildman–Crippen MR) is 77.5 cm³/mol. The van der Waals surface area contributed by atoms with Gasteiger partial charge in [-0.05, 0) is 30.7 Å². The summed E-state index contributed by atoms with van der Waals surface area (Å²) < 4.78 is 27.9. The van der Waals surface area contributed by atoms with E-state index in [-0.39, 0.29) is 10.8 Å². The van der Waals surface area contributed by atoms with E-state index in [1.165, 1.54) is 12.1 Å². The molecule has 0 fully saturated rings. The average Bonchev–Trinajstić information content (AvgIpc) is 2.41. The van der Waals surface area contributed by atoms with Gasteiger partial charge < -0.3 is 10.1 Å². The van der Waals surface area contributed by atoms with Gasteiger partial charge in [-0.2, -0.15) is 0 Å². The quantitative estimate of drug-likeness (QED) is 0.584. The summed E-state index contributed by atoms with van der Waals surface area (Å²) in [5.74, 6) is 0.527. The summed E-state index contributed by atoms with van der Waals surface area (Å²) in [7, 11) is -3.19. The Morgan fingerprint density at radius 3 is 2.55 bits per heavy atom. The van der Waals surface area contributed by atoms with Crippen molar-refractivity contribution in [3.8, 4) is 5.75 Å². The second kappa shape index (κ2) is 7.69. The SMILES string of the molecule is C=CCCC(=O)NCCOc1ccc(S(C)(=O)=O)cc1. The summed E-state index contributed by atoms with van der Waals surface area (Å²) in [5, 5.41) is 2.72. The minimum atomic E-state index is -3.19. The van der Waals surface area contributed by atoms with E-state index in [0.717, 1.165) is 6.26 Å². The molecule has 5 nitrogen and oxygen atoms in total. The number of ether oxygens (including phenoxy) is 1. The van der Waals surface area contributed by atoms with Crippen LogP contribution >= 0.6 is 0 Å². The number of sulfone groups is 1. The molecule has 1 aromatic rings. The van der Waals surface area contributed by atoms with Crippen molar-refractivity contribution < 1.29 is 17.9 Å². The number of nitrogens with one attached hydrogen (secondary N) is 1. The highest BCUT2D eigenvalue weighted by Gasteiger charge is 2.06. The normalized spacial score (nSPS) is 10.8. The summed E-state index contributed by atoms with van der Waals surface area (Å²) in [6.07, 6.45) is 3.92. The van der Waals surface area contributed by atoms with Crippen LogP contribution in [0.3, 0.4) is 0 Å². The van der Waals surface area contributed by atoms with E-state index in [4.69, 9.17) is 4.74 Å². The van der Waals surface area contributed by atoms with Crippen LogP contribution in [-0.4, -0.2) is 33.7 Å². The van der Waals surface area contributed by atoms with Crippen LogP contribution in [0.1, 0.15) is 12.8 Å². The van der Waals surface area contributed by atoms with Gasteiger partial charge in [-0.3, -0.25) is 4.79 Å². The molecule has 0 aliphatic heterocycles. The molecule has 0 bridgehead atoms. The summed E-state index contributed by atoms with van der Waals surface area (Å²) in [6, 6.07) is 6.17. The number of benzene rings is 1. The molecule has 0 saturated carbocycles. The van der Waals surface area contributed by atoms with Gasteiger partial charge in [0.25, 0.3) is 0 Å². The van der Waals surface area contributed by atoms with E-state index in [1.807, 2.05) is 0 Å².